The number of nitrogens with one attached hydrogen (secondary N) is 4. The second kappa shape index (κ2) is 20.2. The Labute approximate surface area is 562 Å². The number of nitrogens with two attached hydrogens (primary N) is 1. The lowest BCUT2D eigenvalue weighted by molar-refractivity contribution is -0.366. The number of phenolic OH excluding ortho intramolecular Hbond substituents is 1. The number of imidazole rings is 1. The molecule has 15 atom stereocenters. The standard InChI is InChI=1S/C79H87N7O11/c1-39-24-49-57(53(88)25-39)63(91)59-54-29-47-46(58(59)62(49)90)13-23-82-70(47)83-35-56(89)77-37-73(16-6-7-17-73)33-51(77)48-30-55(86-61(48)50-32-78(96-54)67(93)64(92)68(94)79(97-78)60(50)52(77)34-74(71(79)95)21-20-72(36-74)14-4-5-15-72)76-18-3-2-8-42(76)31-75(65-66(76)85-38-84-65)19-11-44(87)28-43(75)27-40-9-10-45-41(26-40)12-22-81-69(45)80/h9-10,13,23-26,29-30,32,38,42-43,51,56,64,67-69,71,81,86,88-89,92-95H,2-8,11-12,14-22,27-28,31,33-37,80H2,1H3,(H,82,83)(H,84,85)/t42-,43+,51+,56-,64+,67+,68-,69+,71-,74+,75+,76-,77-,78+,79-/m0/s1. The number of aryl methyl sites for hydroxylation is 1. The van der Waals surface area contributed by atoms with Crippen molar-refractivity contribution < 1.29 is 54.5 Å². The molecule has 10 aliphatic carbocycles. The van der Waals surface area contributed by atoms with Gasteiger partial charge in [-0.25, -0.2) is 9.97 Å². The van der Waals surface area contributed by atoms with E-state index in [0.29, 0.717) is 83.9 Å². The molecule has 0 unspecified atom stereocenters. The summed E-state index contributed by atoms with van der Waals surface area (Å²) < 4.78 is 15.3. The number of H-pyrrole nitrogens is 2. The van der Waals surface area contributed by atoms with Gasteiger partial charge in [0, 0.05) is 81.8 Å². The third-order valence-electron chi connectivity index (χ3n) is 29.0. The number of carbonyl (C=O) groups is 3. The molecule has 8 heterocycles. The lowest BCUT2D eigenvalue weighted by Crippen LogP contribution is -2.79. The van der Waals surface area contributed by atoms with Gasteiger partial charge in [-0.2, -0.15) is 0 Å². The fourth-order valence-electron chi connectivity index (χ4n) is 25.0. The topological polar surface area (TPSA) is 298 Å². The number of aromatic nitrogens is 4. The monoisotopic (exact) mass is 1310 g/mol. The average Bonchev–Trinajstić information content (AvgIpc) is 1.59. The second-order valence-corrected chi connectivity index (χ2v) is 33.4. The Hall–Kier alpha value is -6.87. The molecular formula is C79H87N7O11. The number of carbonyl (C=O) groups excluding carboxylic acids is 3. The van der Waals surface area contributed by atoms with Gasteiger partial charge >= 0.3 is 0 Å². The highest BCUT2D eigenvalue weighted by atomic mass is 16.7. The smallest absolute Gasteiger partial charge is 0.261 e. The first-order valence-electron chi connectivity index (χ1n) is 36.6. The van der Waals surface area contributed by atoms with Crippen molar-refractivity contribution in [2.75, 3.05) is 18.4 Å². The van der Waals surface area contributed by atoms with E-state index in [-0.39, 0.29) is 80.8 Å². The molecule has 21 rings (SSSR count). The van der Waals surface area contributed by atoms with Gasteiger partial charge < -0.3 is 61.1 Å². The summed E-state index contributed by atoms with van der Waals surface area (Å²) in [6.07, 6.45) is 15.9. The lowest BCUT2D eigenvalue weighted by atomic mass is 9.47. The summed E-state index contributed by atoms with van der Waals surface area (Å²) in [6, 6.07) is 15.4. The van der Waals surface area contributed by atoms with Gasteiger partial charge in [0.15, 0.2) is 17.5 Å². The maximum absolute atomic E-state index is 15.7. The van der Waals surface area contributed by atoms with Gasteiger partial charge in [0.05, 0.1) is 52.6 Å². The summed E-state index contributed by atoms with van der Waals surface area (Å²) in [6.45, 7) is 2.54. The van der Waals surface area contributed by atoms with E-state index < -0.39 is 75.1 Å². The largest absolute Gasteiger partial charge is 0.507 e. The van der Waals surface area contributed by atoms with Crippen LogP contribution in [-0.4, -0.2) is 123 Å². The molecule has 5 aliphatic heterocycles. The van der Waals surface area contributed by atoms with Gasteiger partial charge in [0.25, 0.3) is 5.79 Å². The number of aromatic amines is 2. The zero-order valence-corrected chi connectivity index (χ0v) is 55.1. The van der Waals surface area contributed by atoms with Crippen LogP contribution in [0.2, 0.25) is 0 Å². The lowest BCUT2D eigenvalue weighted by Gasteiger charge is -2.64. The van der Waals surface area contributed by atoms with Crippen LogP contribution in [-0.2, 0) is 33.2 Å². The Bertz CT molecular complexity index is 4550. The number of phenols is 1. The van der Waals surface area contributed by atoms with Crippen LogP contribution in [0.25, 0.3) is 16.3 Å². The van der Waals surface area contributed by atoms with Crippen molar-refractivity contribution in [1.29, 1.82) is 0 Å². The molecule has 7 fully saturated rings. The van der Waals surface area contributed by atoms with Crippen molar-refractivity contribution in [3.63, 3.8) is 0 Å². The Kier molecular flexibility index (Phi) is 12.5. The van der Waals surface area contributed by atoms with Crippen LogP contribution < -0.4 is 21.1 Å². The van der Waals surface area contributed by atoms with Crippen LogP contribution in [0.15, 0.2) is 78.3 Å². The number of anilines is 1. The summed E-state index contributed by atoms with van der Waals surface area (Å²) in [5.41, 5.74) is 11.3. The third-order valence-corrected chi connectivity index (χ3v) is 29.0. The van der Waals surface area contributed by atoms with Gasteiger partial charge in [0.1, 0.15) is 35.3 Å². The molecule has 3 aromatic heterocycles. The number of ether oxygens (including phenoxy) is 2. The van der Waals surface area contributed by atoms with Crippen molar-refractivity contribution in [2.24, 2.45) is 39.2 Å². The van der Waals surface area contributed by atoms with Crippen LogP contribution >= 0.6 is 0 Å². The van der Waals surface area contributed by atoms with Crippen LogP contribution in [0.1, 0.15) is 236 Å². The van der Waals surface area contributed by atoms with Crippen molar-refractivity contribution in [1.82, 2.24) is 25.3 Å². The summed E-state index contributed by atoms with van der Waals surface area (Å²) in [5.74, 6) is -4.06. The predicted molar refractivity (Wildman–Crippen MR) is 359 cm³/mol. The van der Waals surface area contributed by atoms with E-state index in [9.17, 15) is 35.4 Å². The molecule has 18 nitrogen and oxygen atoms in total. The minimum atomic E-state index is -2.51. The Balaban J connectivity index is 0.847. The molecule has 7 spiro atoms. The van der Waals surface area contributed by atoms with Gasteiger partial charge in [-0.15, -0.1) is 0 Å². The van der Waals surface area contributed by atoms with E-state index in [1.165, 1.54) is 17.2 Å². The first-order chi connectivity index (χ1) is 46.8. The normalized spacial score (nSPS) is 38.2. The maximum atomic E-state index is 15.7. The molecule has 97 heavy (non-hydrogen) atoms. The fraction of sp³-hybridized carbons (Fsp3) is 0.557. The highest BCUT2D eigenvalue weighted by Crippen LogP contribution is 2.77. The molecular weight excluding hydrogens is 1220 g/mol. The van der Waals surface area contributed by atoms with Crippen molar-refractivity contribution in [3.05, 3.63) is 151 Å². The summed E-state index contributed by atoms with van der Waals surface area (Å²) in [4.78, 5) is 63.7. The number of rotatable bonds is 3. The highest BCUT2D eigenvalue weighted by molar-refractivity contribution is 6.34. The molecule has 18 heteroatoms. The zero-order valence-electron chi connectivity index (χ0n) is 55.1. The predicted octanol–water partition coefficient (Wildman–Crippen LogP) is 9.95. The van der Waals surface area contributed by atoms with Gasteiger partial charge in [-0.3, -0.25) is 19.7 Å². The molecule has 504 valence electrons. The Morgan fingerprint density at radius 2 is 1.59 bits per heavy atom. The number of benzene rings is 3. The molecule has 6 aromatic rings. The van der Waals surface area contributed by atoms with E-state index in [0.717, 1.165) is 149 Å². The van der Waals surface area contributed by atoms with E-state index in [4.69, 9.17) is 25.2 Å². The van der Waals surface area contributed by atoms with E-state index in [2.05, 4.69) is 44.9 Å². The number of hydrogen-bond acceptors (Lipinski definition) is 16. The van der Waals surface area contributed by atoms with Crippen molar-refractivity contribution in [2.45, 2.75) is 226 Å². The number of ketones is 3. The molecule has 3 aromatic carbocycles. The first kappa shape index (κ1) is 60.1. The van der Waals surface area contributed by atoms with Crippen LogP contribution in [0.4, 0.5) is 5.82 Å². The maximum Gasteiger partial charge on any atom is 0.261 e. The van der Waals surface area contributed by atoms with Crippen LogP contribution in [0.3, 0.4) is 0 Å². The third kappa shape index (κ3) is 7.66. The van der Waals surface area contributed by atoms with Crippen LogP contribution in [0.5, 0.6) is 11.5 Å². The minimum Gasteiger partial charge on any atom is -0.507 e. The Morgan fingerprint density at radius 1 is 0.773 bits per heavy atom. The van der Waals surface area contributed by atoms with E-state index in [1.807, 2.05) is 6.33 Å². The van der Waals surface area contributed by atoms with Gasteiger partial charge in [-0.1, -0.05) is 62.3 Å². The molecule has 6 saturated carbocycles. The fourth-order valence-corrected chi connectivity index (χ4v) is 25.0. The highest BCUT2D eigenvalue weighted by Gasteiger charge is 2.77. The summed E-state index contributed by atoms with van der Waals surface area (Å²) in [5, 5.41) is 88.9. The average molecular weight is 1310 g/mol. The molecule has 0 amide bonds. The number of fused-ring (bicyclic) bond motifs is 12. The van der Waals surface area contributed by atoms with E-state index in [1.54, 1.807) is 37.4 Å². The SMILES string of the molecule is Cc1cc(O)c2c(c1)C(=O)c1c(c3cc4c(nccc14)NC[C@H](O)[C@@]14CC5(CCCC5)C[C@@H]1c1cc([C@]56CCCC[C@H]5C[C@@]5(CCC(=O)C[C@H]5Cc5ccc7c(c5)CCN[C@H]7N)c5nc[nH]c56)[nH]c1C1=C[C@@]5(O3)O[C@@]3(C1=C4C[C@@]1(CCC4(CCCC4)C1)[C@@H]3O)[C@@H](O)[C@H](O)[C@H]5O)C2=O. The first-order valence-corrected chi connectivity index (χ1v) is 36.6. The van der Waals surface area contributed by atoms with Gasteiger partial charge in [-0.05, 0) is 213 Å². The molecule has 12 N–H and O–H groups in total. The Morgan fingerprint density at radius 3 is 2.42 bits per heavy atom. The van der Waals surface area contributed by atoms with E-state index >= 15 is 9.59 Å². The molecule has 0 radical (unpaired) electrons. The number of aromatic hydroxyl groups is 1. The van der Waals surface area contributed by atoms with Crippen LogP contribution in [0, 0.1) is 40.4 Å². The van der Waals surface area contributed by atoms with Gasteiger partial charge in [0.2, 0.25) is 5.78 Å². The number of aliphatic hydroxyl groups excluding tert-OH is 5. The van der Waals surface area contributed by atoms with Crippen molar-refractivity contribution >= 4 is 39.5 Å². The number of Topliss-reactive ketones (excluding diaryl/α,β-unsaturated/α-hetero) is 1. The molecule has 15 aliphatic rings. The summed E-state index contributed by atoms with van der Waals surface area (Å²) in [7, 11) is 0. The number of pyridine rings is 1. The molecule has 8 bridgehead atoms. The zero-order chi connectivity index (χ0) is 65.9. The van der Waals surface area contributed by atoms with Crippen molar-refractivity contribution in [3.8, 4) is 11.5 Å². The number of hydrogen-bond donors (Lipinski definition) is 11. The minimum absolute atomic E-state index is 0.0101. The quantitative estimate of drug-likeness (QED) is 0.0784. The second-order valence-electron chi connectivity index (χ2n) is 33.4. The number of aliphatic hydroxyl groups is 5. The number of nitrogens with zero attached hydrogens (tertiary/aromatic N) is 2. The summed E-state index contributed by atoms with van der Waals surface area (Å²) >= 11 is 0. The molecule has 1 saturated heterocycles.